The molecule has 1 aliphatic rings. The van der Waals surface area contributed by atoms with E-state index in [0.29, 0.717) is 23.3 Å². The van der Waals surface area contributed by atoms with Gasteiger partial charge >= 0.3 is 5.69 Å². The second-order valence-corrected chi connectivity index (χ2v) is 4.23. The topological polar surface area (TPSA) is 62.5 Å². The fourth-order valence-corrected chi connectivity index (χ4v) is 2.37. The van der Waals surface area contributed by atoms with Crippen molar-refractivity contribution in [2.75, 3.05) is 13.7 Å². The van der Waals surface area contributed by atoms with Crippen LogP contribution >= 0.6 is 15.9 Å². The van der Waals surface area contributed by atoms with Crippen LogP contribution in [0, 0.1) is 0 Å². The third-order valence-electron chi connectivity index (χ3n) is 2.55. The number of hydrogen-bond acceptors (Lipinski definition) is 4. The molecule has 88 valence electrons. The first-order valence-electron chi connectivity index (χ1n) is 4.71. The summed E-state index contributed by atoms with van der Waals surface area (Å²) in [6, 6.07) is 0. The Morgan fingerprint density at radius 1 is 1.50 bits per heavy atom. The van der Waals surface area contributed by atoms with E-state index in [1.165, 1.54) is 18.7 Å². The number of nitrogens with zero attached hydrogens (tertiary/aromatic N) is 2. The van der Waals surface area contributed by atoms with Crippen molar-refractivity contribution in [3.8, 4) is 0 Å². The second-order valence-electron chi connectivity index (χ2n) is 3.44. The maximum atomic E-state index is 11.8. The minimum atomic E-state index is -0.676. The number of rotatable bonds is 1. The van der Waals surface area contributed by atoms with Crippen LogP contribution in [0.15, 0.2) is 14.1 Å². The first kappa shape index (κ1) is 11.6. The molecule has 6 nitrogen and oxygen atoms in total. The molecule has 2 rings (SSSR count). The molecular formula is C9H11BrN2O4. The fourth-order valence-electron chi connectivity index (χ4n) is 1.70. The summed E-state index contributed by atoms with van der Waals surface area (Å²) in [6.07, 6.45) is -0.676. The van der Waals surface area contributed by atoms with Gasteiger partial charge in [0.1, 0.15) is 4.47 Å². The molecule has 1 aliphatic heterocycles. The zero-order valence-corrected chi connectivity index (χ0v) is 10.5. The summed E-state index contributed by atoms with van der Waals surface area (Å²) in [5.74, 6) is 0. The van der Waals surface area contributed by atoms with Crippen LogP contribution in [0.4, 0.5) is 0 Å². The average Bonchev–Trinajstić information content (AvgIpc) is 2.32. The monoisotopic (exact) mass is 290 g/mol. The van der Waals surface area contributed by atoms with Crippen LogP contribution in [-0.4, -0.2) is 22.9 Å². The third kappa shape index (κ3) is 1.55. The molecule has 0 amide bonds. The molecule has 0 spiro atoms. The molecule has 1 aromatic heterocycles. The molecule has 0 saturated heterocycles. The molecule has 0 aromatic carbocycles. The van der Waals surface area contributed by atoms with Crippen molar-refractivity contribution in [3.63, 3.8) is 0 Å². The SMILES string of the molecule is COC1OCCn2c1c(Br)c(=O)n(C)c2=O. The van der Waals surface area contributed by atoms with Gasteiger partial charge in [0.25, 0.3) is 5.56 Å². The Kier molecular flexibility index (Phi) is 3.00. The van der Waals surface area contributed by atoms with Crippen LogP contribution in [-0.2, 0) is 23.1 Å². The van der Waals surface area contributed by atoms with E-state index < -0.39 is 6.29 Å². The van der Waals surface area contributed by atoms with Gasteiger partial charge in [0.05, 0.1) is 18.8 Å². The Morgan fingerprint density at radius 3 is 2.81 bits per heavy atom. The highest BCUT2D eigenvalue weighted by molar-refractivity contribution is 9.10. The van der Waals surface area contributed by atoms with Gasteiger partial charge in [-0.25, -0.2) is 4.79 Å². The molecule has 0 aliphatic carbocycles. The Labute approximate surface area is 99.5 Å². The molecule has 1 aromatic rings. The van der Waals surface area contributed by atoms with Gasteiger partial charge in [0.2, 0.25) is 0 Å². The zero-order chi connectivity index (χ0) is 11.9. The van der Waals surface area contributed by atoms with Crippen LogP contribution < -0.4 is 11.2 Å². The highest BCUT2D eigenvalue weighted by Crippen LogP contribution is 2.25. The van der Waals surface area contributed by atoms with Crippen molar-refractivity contribution < 1.29 is 9.47 Å². The minimum Gasteiger partial charge on any atom is -0.350 e. The maximum absolute atomic E-state index is 11.8. The van der Waals surface area contributed by atoms with E-state index >= 15 is 0 Å². The Morgan fingerprint density at radius 2 is 2.19 bits per heavy atom. The lowest BCUT2D eigenvalue weighted by Crippen LogP contribution is -2.44. The fraction of sp³-hybridized carbons (Fsp3) is 0.556. The summed E-state index contributed by atoms with van der Waals surface area (Å²) in [5, 5.41) is 0. The first-order valence-corrected chi connectivity index (χ1v) is 5.51. The van der Waals surface area contributed by atoms with Crippen molar-refractivity contribution in [2.45, 2.75) is 12.8 Å². The van der Waals surface area contributed by atoms with Crippen molar-refractivity contribution in [1.29, 1.82) is 0 Å². The van der Waals surface area contributed by atoms with Crippen molar-refractivity contribution in [3.05, 3.63) is 31.0 Å². The van der Waals surface area contributed by atoms with E-state index in [2.05, 4.69) is 15.9 Å². The predicted molar refractivity (Wildman–Crippen MR) is 59.3 cm³/mol. The van der Waals surface area contributed by atoms with Crippen molar-refractivity contribution >= 4 is 15.9 Å². The van der Waals surface area contributed by atoms with Crippen molar-refractivity contribution in [1.82, 2.24) is 9.13 Å². The van der Waals surface area contributed by atoms with Crippen LogP contribution in [0.25, 0.3) is 0 Å². The normalized spacial score (nSPS) is 19.6. The van der Waals surface area contributed by atoms with E-state index in [1.54, 1.807) is 0 Å². The molecule has 1 atom stereocenters. The van der Waals surface area contributed by atoms with E-state index in [0.717, 1.165) is 4.57 Å². The van der Waals surface area contributed by atoms with Gasteiger partial charge in [-0.05, 0) is 15.9 Å². The predicted octanol–water partition coefficient (Wildman–Crippen LogP) is -0.0153. The number of hydrogen-bond donors (Lipinski definition) is 0. The molecule has 0 bridgehead atoms. The molecule has 16 heavy (non-hydrogen) atoms. The van der Waals surface area contributed by atoms with Gasteiger partial charge < -0.3 is 9.47 Å². The highest BCUT2D eigenvalue weighted by atomic mass is 79.9. The molecular weight excluding hydrogens is 280 g/mol. The summed E-state index contributed by atoms with van der Waals surface area (Å²) < 4.78 is 13.3. The van der Waals surface area contributed by atoms with Gasteiger partial charge in [-0.3, -0.25) is 13.9 Å². The summed E-state index contributed by atoms with van der Waals surface area (Å²) in [4.78, 5) is 23.6. The maximum Gasteiger partial charge on any atom is 0.331 e. The quantitative estimate of drug-likeness (QED) is 0.730. The number of methoxy groups -OCH3 is 1. The van der Waals surface area contributed by atoms with Gasteiger partial charge in [-0.15, -0.1) is 0 Å². The Balaban J connectivity index is 2.80. The van der Waals surface area contributed by atoms with Crippen LogP contribution in [0.1, 0.15) is 12.0 Å². The van der Waals surface area contributed by atoms with E-state index in [9.17, 15) is 9.59 Å². The standard InChI is InChI=1S/C9H11BrN2O4/c1-11-7(13)5(10)6-8(15-2)16-4-3-12(6)9(11)14/h8H,3-4H2,1-2H3. The summed E-state index contributed by atoms with van der Waals surface area (Å²) in [6.45, 7) is 0.802. The second kappa shape index (κ2) is 4.15. The molecule has 7 heteroatoms. The van der Waals surface area contributed by atoms with E-state index in [-0.39, 0.29) is 11.2 Å². The lowest BCUT2D eigenvalue weighted by molar-refractivity contribution is -0.148. The van der Waals surface area contributed by atoms with E-state index in [4.69, 9.17) is 9.47 Å². The molecule has 2 heterocycles. The van der Waals surface area contributed by atoms with Gasteiger partial charge in [-0.1, -0.05) is 0 Å². The lowest BCUT2D eigenvalue weighted by atomic mass is 10.3. The van der Waals surface area contributed by atoms with Crippen molar-refractivity contribution in [2.24, 2.45) is 7.05 Å². The lowest BCUT2D eigenvalue weighted by Gasteiger charge is -2.27. The molecule has 0 fully saturated rings. The largest absolute Gasteiger partial charge is 0.350 e. The molecule has 1 unspecified atom stereocenters. The zero-order valence-electron chi connectivity index (χ0n) is 8.90. The summed E-state index contributed by atoms with van der Waals surface area (Å²) in [7, 11) is 2.91. The smallest absolute Gasteiger partial charge is 0.331 e. The Hall–Kier alpha value is -0.920. The minimum absolute atomic E-state index is 0.307. The highest BCUT2D eigenvalue weighted by Gasteiger charge is 2.27. The van der Waals surface area contributed by atoms with Gasteiger partial charge in [-0.2, -0.15) is 0 Å². The van der Waals surface area contributed by atoms with E-state index in [1.807, 2.05) is 0 Å². The first-order chi connectivity index (χ1) is 7.57. The molecule has 0 N–H and O–H groups in total. The third-order valence-corrected chi connectivity index (χ3v) is 3.29. The Bertz CT molecular complexity index is 534. The number of halogens is 1. The summed E-state index contributed by atoms with van der Waals surface area (Å²) in [5.41, 5.74) is -0.292. The number of fused-ring (bicyclic) bond motifs is 1. The van der Waals surface area contributed by atoms with Crippen LogP contribution in [0.5, 0.6) is 0 Å². The summed E-state index contributed by atoms with van der Waals surface area (Å²) >= 11 is 3.18. The van der Waals surface area contributed by atoms with Gasteiger partial charge in [0.15, 0.2) is 6.29 Å². The molecule has 0 saturated carbocycles. The average molecular weight is 291 g/mol. The molecule has 0 radical (unpaired) electrons. The van der Waals surface area contributed by atoms with Crippen LogP contribution in [0.3, 0.4) is 0 Å². The van der Waals surface area contributed by atoms with Gasteiger partial charge in [0, 0.05) is 14.2 Å². The number of ether oxygens (including phenoxy) is 2. The number of aromatic nitrogens is 2. The van der Waals surface area contributed by atoms with Crippen LogP contribution in [0.2, 0.25) is 0 Å².